The first-order valence-corrected chi connectivity index (χ1v) is 12.8. The van der Waals surface area contributed by atoms with Crippen molar-refractivity contribution < 1.29 is 4.79 Å². The standard InChI is InChI=1S/C28H38N4O/c1-22(23-8-4-3-5-9-23)32(25-13-16-29(2)17-14-25)21-20-31-19-18-30-15-7-11-24-10-6-12-26(27(24)30)28(31)33/h3-6,8-10,12,22,25H,7,11,13-21H2,1-2H3/t22-/m0/s1. The number of aryl methyl sites for hydroxylation is 1. The molecular formula is C28H38N4O. The first-order chi connectivity index (χ1) is 16.1. The molecule has 0 aromatic heterocycles. The molecule has 0 N–H and O–H groups in total. The summed E-state index contributed by atoms with van der Waals surface area (Å²) < 4.78 is 0. The highest BCUT2D eigenvalue weighted by Crippen LogP contribution is 2.34. The number of nitrogens with zero attached hydrogens (tertiary/aromatic N) is 4. The van der Waals surface area contributed by atoms with E-state index in [4.69, 9.17) is 0 Å². The van der Waals surface area contributed by atoms with Gasteiger partial charge in [0.15, 0.2) is 0 Å². The van der Waals surface area contributed by atoms with Crippen LogP contribution in [0.2, 0.25) is 0 Å². The quantitative estimate of drug-likeness (QED) is 0.670. The van der Waals surface area contributed by atoms with Crippen molar-refractivity contribution in [1.82, 2.24) is 14.7 Å². The number of hydrogen-bond donors (Lipinski definition) is 0. The zero-order valence-electron chi connectivity index (χ0n) is 20.2. The van der Waals surface area contributed by atoms with Gasteiger partial charge < -0.3 is 14.7 Å². The van der Waals surface area contributed by atoms with E-state index in [1.807, 2.05) is 6.07 Å². The topological polar surface area (TPSA) is 30.0 Å². The number of amides is 1. The van der Waals surface area contributed by atoms with E-state index >= 15 is 0 Å². The minimum absolute atomic E-state index is 0.215. The average molecular weight is 447 g/mol. The molecule has 1 amide bonds. The van der Waals surface area contributed by atoms with Crippen LogP contribution in [-0.4, -0.2) is 79.5 Å². The largest absolute Gasteiger partial charge is 0.369 e. The summed E-state index contributed by atoms with van der Waals surface area (Å²) in [4.78, 5) is 23.3. The van der Waals surface area contributed by atoms with Crippen LogP contribution in [-0.2, 0) is 6.42 Å². The summed E-state index contributed by atoms with van der Waals surface area (Å²) in [6.07, 6.45) is 4.66. The third-order valence-corrected chi connectivity index (χ3v) is 8.03. The number of rotatable bonds is 6. The van der Waals surface area contributed by atoms with Crippen LogP contribution in [0.15, 0.2) is 48.5 Å². The third-order valence-electron chi connectivity index (χ3n) is 8.03. The fourth-order valence-corrected chi connectivity index (χ4v) is 6.04. The third kappa shape index (κ3) is 4.67. The lowest BCUT2D eigenvalue weighted by molar-refractivity contribution is 0.0611. The first kappa shape index (κ1) is 22.4. The first-order valence-electron chi connectivity index (χ1n) is 12.8. The Morgan fingerprint density at radius 3 is 2.55 bits per heavy atom. The molecule has 1 fully saturated rings. The summed E-state index contributed by atoms with van der Waals surface area (Å²) in [6, 6.07) is 18.1. The monoisotopic (exact) mass is 446 g/mol. The van der Waals surface area contributed by atoms with Crippen LogP contribution in [0.3, 0.4) is 0 Å². The maximum atomic E-state index is 13.6. The van der Waals surface area contributed by atoms with Crippen molar-refractivity contribution in [2.75, 3.05) is 57.8 Å². The molecule has 0 saturated carbocycles. The zero-order valence-corrected chi connectivity index (χ0v) is 20.2. The second-order valence-electron chi connectivity index (χ2n) is 10.1. The number of anilines is 1. The number of likely N-dealkylation sites (tertiary alicyclic amines) is 1. The summed E-state index contributed by atoms with van der Waals surface area (Å²) >= 11 is 0. The molecule has 0 aliphatic carbocycles. The Morgan fingerprint density at radius 2 is 1.76 bits per heavy atom. The van der Waals surface area contributed by atoms with Crippen molar-refractivity contribution in [3.05, 3.63) is 65.2 Å². The molecule has 3 heterocycles. The van der Waals surface area contributed by atoms with Gasteiger partial charge in [0.1, 0.15) is 0 Å². The van der Waals surface area contributed by atoms with Gasteiger partial charge in [-0.05, 0) is 69.9 Å². The molecule has 0 radical (unpaired) electrons. The second-order valence-corrected chi connectivity index (χ2v) is 10.1. The summed E-state index contributed by atoms with van der Waals surface area (Å²) in [5.41, 5.74) is 4.83. The Morgan fingerprint density at radius 1 is 0.970 bits per heavy atom. The Kier molecular flexibility index (Phi) is 6.70. The molecule has 0 unspecified atom stereocenters. The van der Waals surface area contributed by atoms with E-state index in [-0.39, 0.29) is 5.91 Å². The van der Waals surface area contributed by atoms with E-state index in [1.165, 1.54) is 36.1 Å². The van der Waals surface area contributed by atoms with Crippen molar-refractivity contribution in [3.8, 4) is 0 Å². The molecule has 1 atom stereocenters. The molecular weight excluding hydrogens is 408 g/mol. The van der Waals surface area contributed by atoms with Crippen molar-refractivity contribution in [1.29, 1.82) is 0 Å². The van der Waals surface area contributed by atoms with Gasteiger partial charge in [-0.25, -0.2) is 0 Å². The summed E-state index contributed by atoms with van der Waals surface area (Å²) in [6.45, 7) is 9.17. The molecule has 2 aromatic carbocycles. The number of benzene rings is 2. The van der Waals surface area contributed by atoms with Crippen molar-refractivity contribution in [2.45, 2.75) is 44.7 Å². The highest BCUT2D eigenvalue weighted by Gasteiger charge is 2.32. The average Bonchev–Trinajstić information content (AvgIpc) is 2.99. The van der Waals surface area contributed by atoms with E-state index in [2.05, 4.69) is 76.0 Å². The SMILES string of the molecule is C[C@@H](c1ccccc1)N(CCN1CCN2CCCc3cccc(c32)C1=O)C1CCN(C)CC1. The van der Waals surface area contributed by atoms with E-state index in [9.17, 15) is 4.79 Å². The number of carbonyl (C=O) groups excluding carboxylic acids is 1. The van der Waals surface area contributed by atoms with Crippen LogP contribution in [0.5, 0.6) is 0 Å². The van der Waals surface area contributed by atoms with Gasteiger partial charge in [0, 0.05) is 44.8 Å². The van der Waals surface area contributed by atoms with Crippen LogP contribution < -0.4 is 4.90 Å². The lowest BCUT2D eigenvalue weighted by atomic mass is 9.97. The van der Waals surface area contributed by atoms with Gasteiger partial charge in [0.05, 0.1) is 11.3 Å². The Bertz CT molecular complexity index is 954. The minimum Gasteiger partial charge on any atom is -0.369 e. The van der Waals surface area contributed by atoms with Gasteiger partial charge in [-0.15, -0.1) is 0 Å². The van der Waals surface area contributed by atoms with Crippen LogP contribution in [0.1, 0.15) is 53.7 Å². The van der Waals surface area contributed by atoms with E-state index in [0.717, 1.165) is 57.8 Å². The predicted molar refractivity (Wildman–Crippen MR) is 135 cm³/mol. The summed E-state index contributed by atoms with van der Waals surface area (Å²) in [5.74, 6) is 0.215. The van der Waals surface area contributed by atoms with Gasteiger partial charge in [-0.3, -0.25) is 9.69 Å². The number of carbonyl (C=O) groups is 1. The van der Waals surface area contributed by atoms with E-state index < -0.39 is 0 Å². The molecule has 1 saturated heterocycles. The number of para-hydroxylation sites is 1. The minimum atomic E-state index is 0.215. The Labute approximate surface area is 199 Å². The molecule has 0 bridgehead atoms. The number of piperidine rings is 1. The van der Waals surface area contributed by atoms with Crippen LogP contribution in [0, 0.1) is 0 Å². The van der Waals surface area contributed by atoms with E-state index in [0.29, 0.717) is 12.1 Å². The highest BCUT2D eigenvalue weighted by atomic mass is 16.2. The second kappa shape index (κ2) is 9.86. The smallest absolute Gasteiger partial charge is 0.256 e. The number of hydrogen-bond acceptors (Lipinski definition) is 4. The zero-order chi connectivity index (χ0) is 22.8. The molecule has 3 aliphatic heterocycles. The molecule has 33 heavy (non-hydrogen) atoms. The van der Waals surface area contributed by atoms with Gasteiger partial charge in [-0.1, -0.05) is 42.5 Å². The van der Waals surface area contributed by atoms with Gasteiger partial charge in [-0.2, -0.15) is 0 Å². The maximum Gasteiger partial charge on any atom is 0.256 e. The van der Waals surface area contributed by atoms with Crippen molar-refractivity contribution in [2.24, 2.45) is 0 Å². The highest BCUT2D eigenvalue weighted by molar-refractivity contribution is 6.01. The predicted octanol–water partition coefficient (Wildman–Crippen LogP) is 4.05. The normalized spacial score (nSPS) is 20.6. The summed E-state index contributed by atoms with van der Waals surface area (Å²) in [5, 5.41) is 0. The maximum absolute atomic E-state index is 13.6. The Balaban J connectivity index is 1.35. The molecule has 0 spiro atoms. The lowest BCUT2D eigenvalue weighted by Gasteiger charge is -2.41. The van der Waals surface area contributed by atoms with Gasteiger partial charge in [0.25, 0.3) is 5.91 Å². The van der Waals surface area contributed by atoms with Crippen LogP contribution in [0.25, 0.3) is 0 Å². The van der Waals surface area contributed by atoms with Crippen molar-refractivity contribution >= 4 is 11.6 Å². The molecule has 5 nitrogen and oxygen atoms in total. The fourth-order valence-electron chi connectivity index (χ4n) is 6.04. The molecule has 5 heteroatoms. The van der Waals surface area contributed by atoms with Crippen molar-refractivity contribution in [3.63, 3.8) is 0 Å². The molecule has 3 aliphatic rings. The molecule has 176 valence electrons. The van der Waals surface area contributed by atoms with Crippen LogP contribution in [0.4, 0.5) is 5.69 Å². The molecule has 2 aromatic rings. The van der Waals surface area contributed by atoms with Gasteiger partial charge >= 0.3 is 0 Å². The summed E-state index contributed by atoms with van der Waals surface area (Å²) in [7, 11) is 2.22. The lowest BCUT2D eigenvalue weighted by Crippen LogP contribution is -2.48. The van der Waals surface area contributed by atoms with Crippen LogP contribution >= 0.6 is 0 Å². The Hall–Kier alpha value is -2.37. The fraction of sp³-hybridized carbons (Fsp3) is 0.536. The van der Waals surface area contributed by atoms with E-state index in [1.54, 1.807) is 0 Å². The van der Waals surface area contributed by atoms with Gasteiger partial charge in [0.2, 0.25) is 0 Å². The molecule has 5 rings (SSSR count).